The number of anilines is 1. The van der Waals surface area contributed by atoms with E-state index in [0.29, 0.717) is 6.61 Å². The fourth-order valence-corrected chi connectivity index (χ4v) is 1.87. The van der Waals surface area contributed by atoms with E-state index in [-0.39, 0.29) is 17.9 Å². The van der Waals surface area contributed by atoms with Gasteiger partial charge in [0.1, 0.15) is 12.4 Å². The van der Waals surface area contributed by atoms with Crippen molar-refractivity contribution >= 4 is 11.6 Å². The van der Waals surface area contributed by atoms with Crippen LogP contribution >= 0.6 is 0 Å². The van der Waals surface area contributed by atoms with Crippen LogP contribution in [0.1, 0.15) is 19.4 Å². The highest BCUT2D eigenvalue weighted by Gasteiger charge is 2.16. The molecule has 0 spiro atoms. The number of ether oxygens (including phenoxy) is 1. The molecule has 0 aliphatic heterocycles. The van der Waals surface area contributed by atoms with E-state index >= 15 is 0 Å². The van der Waals surface area contributed by atoms with Crippen LogP contribution in [0.25, 0.3) is 0 Å². The monoisotopic (exact) mass is 298 g/mol. The summed E-state index contributed by atoms with van der Waals surface area (Å²) >= 11 is 0. The first-order chi connectivity index (χ1) is 10.6. The summed E-state index contributed by atoms with van der Waals surface area (Å²) in [5.74, 6) is 0.462. The number of hydrogen-bond acceptors (Lipinski definition) is 3. The first-order valence-corrected chi connectivity index (χ1v) is 7.39. The summed E-state index contributed by atoms with van der Waals surface area (Å²) in [6.07, 6.45) is 0. The van der Waals surface area contributed by atoms with Gasteiger partial charge in [-0.3, -0.25) is 4.79 Å². The van der Waals surface area contributed by atoms with Gasteiger partial charge >= 0.3 is 0 Å². The molecule has 0 saturated heterocycles. The Hall–Kier alpha value is -2.33. The average Bonchev–Trinajstić information content (AvgIpc) is 2.54. The standard InChI is InChI=1S/C18H22N2O2/c1-13(14(2)19)18(21)20-16-8-10-17(11-9-16)22-12-15-6-4-3-5-7-15/h3-11,13-14H,12,19H2,1-2H3,(H,20,21). The third-order valence-electron chi connectivity index (χ3n) is 3.57. The van der Waals surface area contributed by atoms with Gasteiger partial charge in [0.15, 0.2) is 0 Å². The molecule has 0 saturated carbocycles. The fraction of sp³-hybridized carbons (Fsp3) is 0.278. The molecular weight excluding hydrogens is 276 g/mol. The van der Waals surface area contributed by atoms with Crippen molar-refractivity contribution in [3.8, 4) is 5.75 Å². The lowest BCUT2D eigenvalue weighted by atomic mass is 10.0. The third-order valence-corrected chi connectivity index (χ3v) is 3.57. The van der Waals surface area contributed by atoms with E-state index < -0.39 is 0 Å². The highest BCUT2D eigenvalue weighted by atomic mass is 16.5. The Morgan fingerprint density at radius 1 is 1.09 bits per heavy atom. The van der Waals surface area contributed by atoms with Gasteiger partial charge in [-0.2, -0.15) is 0 Å². The molecule has 2 aromatic rings. The molecule has 22 heavy (non-hydrogen) atoms. The van der Waals surface area contributed by atoms with E-state index in [4.69, 9.17) is 10.5 Å². The first-order valence-electron chi connectivity index (χ1n) is 7.39. The maximum absolute atomic E-state index is 11.9. The van der Waals surface area contributed by atoms with E-state index in [2.05, 4.69) is 5.32 Å². The summed E-state index contributed by atoms with van der Waals surface area (Å²) in [6.45, 7) is 4.16. The minimum atomic E-state index is -0.228. The first kappa shape index (κ1) is 16.0. The van der Waals surface area contributed by atoms with Crippen LogP contribution in [0.2, 0.25) is 0 Å². The summed E-state index contributed by atoms with van der Waals surface area (Å²) < 4.78 is 5.70. The van der Waals surface area contributed by atoms with Gasteiger partial charge in [0, 0.05) is 11.7 Å². The van der Waals surface area contributed by atoms with Crippen molar-refractivity contribution in [1.29, 1.82) is 0 Å². The van der Waals surface area contributed by atoms with E-state index in [9.17, 15) is 4.79 Å². The van der Waals surface area contributed by atoms with E-state index in [1.165, 1.54) is 0 Å². The molecule has 0 aliphatic carbocycles. The second-order valence-electron chi connectivity index (χ2n) is 5.44. The average molecular weight is 298 g/mol. The van der Waals surface area contributed by atoms with Gasteiger partial charge < -0.3 is 15.8 Å². The zero-order valence-corrected chi connectivity index (χ0v) is 13.0. The predicted octanol–water partition coefficient (Wildman–Crippen LogP) is 3.19. The molecule has 116 valence electrons. The highest BCUT2D eigenvalue weighted by Crippen LogP contribution is 2.18. The molecule has 3 N–H and O–H groups in total. The SMILES string of the molecule is CC(N)C(C)C(=O)Nc1ccc(OCc2ccccc2)cc1. The molecule has 0 heterocycles. The number of carbonyl (C=O) groups is 1. The molecule has 0 radical (unpaired) electrons. The minimum Gasteiger partial charge on any atom is -0.489 e. The van der Waals surface area contributed by atoms with Gasteiger partial charge in [-0.1, -0.05) is 37.3 Å². The molecule has 2 rings (SSSR count). The molecule has 2 aromatic carbocycles. The molecule has 2 atom stereocenters. The maximum Gasteiger partial charge on any atom is 0.228 e. The summed E-state index contributed by atoms with van der Waals surface area (Å²) in [6, 6.07) is 17.1. The van der Waals surface area contributed by atoms with Crippen molar-refractivity contribution in [2.75, 3.05) is 5.32 Å². The van der Waals surface area contributed by atoms with Gasteiger partial charge in [-0.25, -0.2) is 0 Å². The van der Waals surface area contributed by atoms with Crippen molar-refractivity contribution in [1.82, 2.24) is 0 Å². The zero-order valence-electron chi connectivity index (χ0n) is 13.0. The number of nitrogens with two attached hydrogens (primary N) is 1. The van der Waals surface area contributed by atoms with Crippen LogP contribution in [0.5, 0.6) is 5.75 Å². The molecule has 2 unspecified atom stereocenters. The van der Waals surface area contributed by atoms with Crippen molar-refractivity contribution in [2.24, 2.45) is 11.7 Å². The summed E-state index contributed by atoms with van der Waals surface area (Å²) in [7, 11) is 0. The van der Waals surface area contributed by atoms with Gasteiger partial charge in [0.25, 0.3) is 0 Å². The molecule has 1 amide bonds. The van der Waals surface area contributed by atoms with Crippen LogP contribution in [0.4, 0.5) is 5.69 Å². The number of hydrogen-bond donors (Lipinski definition) is 2. The van der Waals surface area contributed by atoms with Crippen LogP contribution in [-0.4, -0.2) is 11.9 Å². The zero-order chi connectivity index (χ0) is 15.9. The highest BCUT2D eigenvalue weighted by molar-refractivity contribution is 5.92. The number of carbonyl (C=O) groups excluding carboxylic acids is 1. The predicted molar refractivity (Wildman–Crippen MR) is 88.7 cm³/mol. The van der Waals surface area contributed by atoms with Crippen LogP contribution in [-0.2, 0) is 11.4 Å². The molecule has 0 aliphatic rings. The van der Waals surface area contributed by atoms with Crippen LogP contribution < -0.4 is 15.8 Å². The topological polar surface area (TPSA) is 64.4 Å². The lowest BCUT2D eigenvalue weighted by molar-refractivity contribution is -0.119. The Labute approximate surface area is 131 Å². The minimum absolute atomic E-state index is 0.0760. The quantitative estimate of drug-likeness (QED) is 0.861. The van der Waals surface area contributed by atoms with E-state index in [1.54, 1.807) is 0 Å². The van der Waals surface area contributed by atoms with Crippen molar-refractivity contribution in [2.45, 2.75) is 26.5 Å². The lowest BCUT2D eigenvalue weighted by Crippen LogP contribution is -2.34. The largest absolute Gasteiger partial charge is 0.489 e. The van der Waals surface area contributed by atoms with E-state index in [0.717, 1.165) is 17.0 Å². The number of rotatable bonds is 6. The van der Waals surface area contributed by atoms with Crippen molar-refractivity contribution in [3.05, 3.63) is 60.2 Å². The van der Waals surface area contributed by atoms with Crippen molar-refractivity contribution in [3.63, 3.8) is 0 Å². The number of amides is 1. The third kappa shape index (κ3) is 4.60. The van der Waals surface area contributed by atoms with Crippen LogP contribution in [0.3, 0.4) is 0 Å². The maximum atomic E-state index is 11.9. The second-order valence-corrected chi connectivity index (χ2v) is 5.44. The van der Waals surface area contributed by atoms with Crippen LogP contribution in [0.15, 0.2) is 54.6 Å². The van der Waals surface area contributed by atoms with Crippen molar-refractivity contribution < 1.29 is 9.53 Å². The summed E-state index contributed by atoms with van der Waals surface area (Å²) in [5.41, 5.74) is 7.59. The summed E-state index contributed by atoms with van der Waals surface area (Å²) in [5, 5.41) is 2.85. The molecule has 4 nitrogen and oxygen atoms in total. The van der Waals surface area contributed by atoms with Gasteiger partial charge in [0.05, 0.1) is 5.92 Å². The molecule has 0 bridgehead atoms. The smallest absolute Gasteiger partial charge is 0.228 e. The second kappa shape index (κ2) is 7.61. The number of nitrogens with one attached hydrogen (secondary N) is 1. The van der Waals surface area contributed by atoms with E-state index in [1.807, 2.05) is 68.4 Å². The Morgan fingerprint density at radius 3 is 2.32 bits per heavy atom. The lowest BCUT2D eigenvalue weighted by Gasteiger charge is -2.15. The summed E-state index contributed by atoms with van der Waals surface area (Å²) in [4.78, 5) is 11.9. The molecular formula is C18H22N2O2. The normalized spacial score (nSPS) is 13.2. The van der Waals surface area contributed by atoms with Gasteiger partial charge in [-0.05, 0) is 36.8 Å². The Balaban J connectivity index is 1.89. The van der Waals surface area contributed by atoms with Crippen LogP contribution in [0, 0.1) is 5.92 Å². The Bertz CT molecular complexity index is 594. The Morgan fingerprint density at radius 2 is 1.73 bits per heavy atom. The number of benzene rings is 2. The Kier molecular flexibility index (Phi) is 5.55. The molecule has 4 heteroatoms. The van der Waals surface area contributed by atoms with Gasteiger partial charge in [0.2, 0.25) is 5.91 Å². The molecule has 0 aromatic heterocycles. The van der Waals surface area contributed by atoms with Gasteiger partial charge in [-0.15, -0.1) is 0 Å². The fourth-order valence-electron chi connectivity index (χ4n) is 1.87. The molecule has 0 fully saturated rings.